The number of nitrogens with two attached hydrogens (primary N) is 1. The van der Waals surface area contributed by atoms with E-state index in [2.05, 4.69) is 5.32 Å². The quantitative estimate of drug-likeness (QED) is 0.494. The lowest BCUT2D eigenvalue weighted by molar-refractivity contribution is -0.124. The number of rotatable bonds is 0. The van der Waals surface area contributed by atoms with Gasteiger partial charge in [0.05, 0.1) is 0 Å². The zero-order valence-electron chi connectivity index (χ0n) is 6.95. The van der Waals surface area contributed by atoms with Crippen LogP contribution in [-0.4, -0.2) is 17.1 Å². The average Bonchev–Trinajstić information content (AvgIpc) is 2.09. The van der Waals surface area contributed by atoms with Crippen LogP contribution in [0.2, 0.25) is 0 Å². The number of fused-ring (bicyclic) bond motifs is 1. The normalized spacial score (nSPS) is 20.7. The van der Waals surface area contributed by atoms with Gasteiger partial charge in [0.15, 0.2) is 0 Å². The van der Waals surface area contributed by atoms with Crippen LogP contribution in [0.25, 0.3) is 0 Å². The van der Waals surface area contributed by atoms with E-state index >= 15 is 0 Å². The number of hydrogen-bond acceptors (Lipinski definition) is 3. The molecule has 4 N–H and O–H groups in total. The van der Waals surface area contributed by atoms with Crippen molar-refractivity contribution in [2.75, 3.05) is 11.1 Å². The number of aliphatic hydroxyl groups is 1. The van der Waals surface area contributed by atoms with E-state index < -0.39 is 6.10 Å². The summed E-state index contributed by atoms with van der Waals surface area (Å²) in [5, 5.41) is 11.9. The molecule has 0 bridgehead atoms. The van der Waals surface area contributed by atoms with E-state index in [1.165, 1.54) is 0 Å². The third kappa shape index (κ3) is 1.25. The van der Waals surface area contributed by atoms with E-state index in [1.54, 1.807) is 18.2 Å². The Balaban J connectivity index is 2.48. The molecule has 0 fully saturated rings. The third-order valence-electron chi connectivity index (χ3n) is 2.17. The monoisotopic (exact) mass is 178 g/mol. The molecule has 0 saturated carbocycles. The highest BCUT2D eigenvalue weighted by molar-refractivity contribution is 5.98. The van der Waals surface area contributed by atoms with Gasteiger partial charge in [-0.2, -0.15) is 0 Å². The first kappa shape index (κ1) is 8.07. The maximum atomic E-state index is 11.1. The summed E-state index contributed by atoms with van der Waals surface area (Å²) in [4.78, 5) is 11.1. The summed E-state index contributed by atoms with van der Waals surface area (Å²) >= 11 is 0. The molecule has 0 aromatic heterocycles. The predicted octanol–water partition coefficient (Wildman–Crippen LogP) is 0.124. The zero-order chi connectivity index (χ0) is 9.42. The minimum Gasteiger partial charge on any atom is -0.398 e. The van der Waals surface area contributed by atoms with Crippen LogP contribution in [0.3, 0.4) is 0 Å². The van der Waals surface area contributed by atoms with Gasteiger partial charge in [-0.1, -0.05) is 6.07 Å². The molecule has 68 valence electrons. The molecule has 0 unspecified atom stereocenters. The van der Waals surface area contributed by atoms with Crippen LogP contribution in [0, 0.1) is 0 Å². The zero-order valence-corrected chi connectivity index (χ0v) is 6.95. The Kier molecular flexibility index (Phi) is 1.70. The third-order valence-corrected chi connectivity index (χ3v) is 2.17. The molecular weight excluding hydrogens is 168 g/mol. The summed E-state index contributed by atoms with van der Waals surface area (Å²) < 4.78 is 0. The number of nitrogens with one attached hydrogen (secondary N) is 1. The molecule has 1 aliphatic rings. The predicted molar refractivity (Wildman–Crippen MR) is 49.2 cm³/mol. The number of anilines is 2. The van der Waals surface area contributed by atoms with E-state index in [-0.39, 0.29) is 5.91 Å². The van der Waals surface area contributed by atoms with Crippen LogP contribution in [0.4, 0.5) is 11.4 Å². The maximum absolute atomic E-state index is 11.1. The Morgan fingerprint density at radius 3 is 3.08 bits per heavy atom. The van der Waals surface area contributed by atoms with Crippen molar-refractivity contribution in [1.29, 1.82) is 0 Å². The number of hydrogen-bond donors (Lipinski definition) is 3. The lowest BCUT2D eigenvalue weighted by Gasteiger charge is -2.21. The van der Waals surface area contributed by atoms with Gasteiger partial charge in [0.1, 0.15) is 6.10 Å². The second-order valence-electron chi connectivity index (χ2n) is 3.08. The summed E-state index contributed by atoms with van der Waals surface area (Å²) in [6.45, 7) is 0. The second-order valence-corrected chi connectivity index (χ2v) is 3.08. The Bertz CT molecular complexity index is 363. The summed E-state index contributed by atoms with van der Waals surface area (Å²) in [5.41, 5.74) is 7.81. The first-order valence-electron chi connectivity index (χ1n) is 4.05. The highest BCUT2D eigenvalue weighted by Gasteiger charge is 2.24. The van der Waals surface area contributed by atoms with Crippen LogP contribution in [0.15, 0.2) is 18.2 Å². The van der Waals surface area contributed by atoms with Gasteiger partial charge in [-0.05, 0) is 12.1 Å². The van der Waals surface area contributed by atoms with Crippen LogP contribution in [0.5, 0.6) is 0 Å². The van der Waals surface area contributed by atoms with Crippen LogP contribution in [0.1, 0.15) is 5.56 Å². The van der Waals surface area contributed by atoms with E-state index in [9.17, 15) is 9.90 Å². The summed E-state index contributed by atoms with van der Waals surface area (Å²) in [6, 6.07) is 5.30. The van der Waals surface area contributed by atoms with Crippen molar-refractivity contribution in [1.82, 2.24) is 0 Å². The Morgan fingerprint density at radius 1 is 1.54 bits per heavy atom. The van der Waals surface area contributed by atoms with Gasteiger partial charge in [-0.25, -0.2) is 0 Å². The lowest BCUT2D eigenvalue weighted by Crippen LogP contribution is -2.34. The fraction of sp³-hybridized carbons (Fsp3) is 0.222. The molecule has 1 aliphatic heterocycles. The summed E-state index contributed by atoms with van der Waals surface area (Å²) in [6.07, 6.45) is -0.675. The SMILES string of the molecule is Nc1cccc2c1C[C@H](O)C(=O)N2. The van der Waals surface area contributed by atoms with Gasteiger partial charge in [0.25, 0.3) is 5.91 Å². The van der Waals surface area contributed by atoms with Crippen LogP contribution >= 0.6 is 0 Å². The molecule has 0 aliphatic carbocycles. The molecule has 4 heteroatoms. The van der Waals surface area contributed by atoms with Crippen molar-refractivity contribution in [3.63, 3.8) is 0 Å². The molecule has 0 spiro atoms. The fourth-order valence-corrected chi connectivity index (χ4v) is 1.45. The lowest BCUT2D eigenvalue weighted by atomic mass is 9.99. The number of benzene rings is 1. The van der Waals surface area contributed by atoms with Gasteiger partial charge in [0, 0.05) is 23.4 Å². The van der Waals surface area contributed by atoms with Crippen molar-refractivity contribution in [2.45, 2.75) is 12.5 Å². The first-order valence-corrected chi connectivity index (χ1v) is 4.05. The Hall–Kier alpha value is -1.55. The molecule has 4 nitrogen and oxygen atoms in total. The Labute approximate surface area is 75.4 Å². The van der Waals surface area contributed by atoms with E-state index in [4.69, 9.17) is 5.73 Å². The molecule has 1 aromatic carbocycles. The number of aliphatic hydroxyl groups excluding tert-OH is 1. The standard InChI is InChI=1S/C9H10N2O2/c10-6-2-1-3-7-5(6)4-8(12)9(13)11-7/h1-3,8,12H,4,10H2,(H,11,13)/t8-/m0/s1. The summed E-state index contributed by atoms with van der Waals surface area (Å²) in [7, 11) is 0. The fourth-order valence-electron chi connectivity index (χ4n) is 1.45. The van der Waals surface area contributed by atoms with Gasteiger partial charge >= 0.3 is 0 Å². The van der Waals surface area contributed by atoms with Gasteiger partial charge < -0.3 is 16.2 Å². The molecule has 1 atom stereocenters. The van der Waals surface area contributed by atoms with Crippen molar-refractivity contribution < 1.29 is 9.90 Å². The largest absolute Gasteiger partial charge is 0.398 e. The van der Waals surface area contributed by atoms with Gasteiger partial charge in [-0.3, -0.25) is 4.79 Å². The van der Waals surface area contributed by atoms with E-state index in [1.807, 2.05) is 0 Å². The average molecular weight is 178 g/mol. The molecule has 1 heterocycles. The smallest absolute Gasteiger partial charge is 0.253 e. The molecular formula is C9H10N2O2. The van der Waals surface area contributed by atoms with Crippen LogP contribution in [-0.2, 0) is 11.2 Å². The van der Waals surface area contributed by atoms with Gasteiger partial charge in [0.2, 0.25) is 0 Å². The first-order chi connectivity index (χ1) is 6.18. The minimum absolute atomic E-state index is 0.299. The topological polar surface area (TPSA) is 75.3 Å². The van der Waals surface area contributed by atoms with E-state index in [0.717, 1.165) is 5.56 Å². The summed E-state index contributed by atoms with van der Waals surface area (Å²) in [5.74, 6) is -0.363. The molecule has 13 heavy (non-hydrogen) atoms. The highest BCUT2D eigenvalue weighted by Crippen LogP contribution is 2.27. The van der Waals surface area contributed by atoms with E-state index in [0.29, 0.717) is 17.8 Å². The number of carbonyl (C=O) groups excluding carboxylic acids is 1. The van der Waals surface area contributed by atoms with Crippen molar-refractivity contribution in [3.8, 4) is 0 Å². The van der Waals surface area contributed by atoms with Gasteiger partial charge in [-0.15, -0.1) is 0 Å². The molecule has 0 radical (unpaired) electrons. The molecule has 2 rings (SSSR count). The highest BCUT2D eigenvalue weighted by atomic mass is 16.3. The Morgan fingerprint density at radius 2 is 2.31 bits per heavy atom. The minimum atomic E-state index is -0.975. The van der Waals surface area contributed by atoms with Crippen molar-refractivity contribution >= 4 is 17.3 Å². The van der Waals surface area contributed by atoms with Crippen molar-refractivity contribution in [3.05, 3.63) is 23.8 Å². The van der Waals surface area contributed by atoms with Crippen LogP contribution < -0.4 is 11.1 Å². The number of nitrogen functional groups attached to an aromatic ring is 1. The molecule has 0 saturated heterocycles. The number of carbonyl (C=O) groups is 1. The molecule has 1 amide bonds. The molecule has 1 aromatic rings. The number of amides is 1. The van der Waals surface area contributed by atoms with Crippen molar-refractivity contribution in [2.24, 2.45) is 0 Å². The maximum Gasteiger partial charge on any atom is 0.253 e. The second kappa shape index (κ2) is 2.74.